The lowest BCUT2D eigenvalue weighted by atomic mass is 10.1. The van der Waals surface area contributed by atoms with Gasteiger partial charge in [0.05, 0.1) is 6.54 Å². The molecule has 0 bridgehead atoms. The quantitative estimate of drug-likeness (QED) is 0.460. The van der Waals surface area contributed by atoms with Crippen molar-refractivity contribution in [3.05, 3.63) is 58.2 Å². The van der Waals surface area contributed by atoms with Crippen LogP contribution >= 0.6 is 0 Å². The molecule has 0 aliphatic heterocycles. The number of rotatable bonds is 5. The maximum absolute atomic E-state index is 8.25. The Balaban J connectivity index is 2.14. The Hall–Kier alpha value is -2.39. The van der Waals surface area contributed by atoms with Crippen molar-refractivity contribution in [2.75, 3.05) is 0 Å². The fraction of sp³-hybridized carbons (Fsp3) is 0.286. The number of hydrogen-bond acceptors (Lipinski definition) is 3. The second kappa shape index (κ2) is 6.52. The molecule has 1 aromatic carbocycles. The van der Waals surface area contributed by atoms with Crippen LogP contribution in [0.5, 0.6) is 0 Å². The Morgan fingerprint density at radius 3 is 2.37 bits per heavy atom. The van der Waals surface area contributed by atoms with E-state index in [1.807, 2.05) is 12.1 Å². The van der Waals surface area contributed by atoms with Gasteiger partial charge < -0.3 is 0 Å². The summed E-state index contributed by atoms with van der Waals surface area (Å²) >= 11 is 0. The van der Waals surface area contributed by atoms with Crippen LogP contribution in [0.2, 0.25) is 0 Å². The Morgan fingerprint density at radius 1 is 1.11 bits per heavy atom. The first kappa shape index (κ1) is 13.1. The van der Waals surface area contributed by atoms with Crippen molar-refractivity contribution in [2.24, 2.45) is 5.11 Å². The lowest BCUT2D eigenvalue weighted by molar-refractivity contribution is 0.922. The lowest BCUT2D eigenvalue weighted by Crippen LogP contribution is -1.92. The van der Waals surface area contributed by atoms with Gasteiger partial charge in [0, 0.05) is 22.9 Å². The van der Waals surface area contributed by atoms with E-state index in [4.69, 9.17) is 5.53 Å². The van der Waals surface area contributed by atoms with Gasteiger partial charge in [-0.1, -0.05) is 42.7 Å². The second-order valence-corrected chi connectivity index (χ2v) is 4.25. The highest BCUT2D eigenvalue weighted by atomic mass is 15.1. The van der Waals surface area contributed by atoms with Crippen molar-refractivity contribution in [3.8, 4) is 11.4 Å². The topological polar surface area (TPSA) is 74.5 Å². The van der Waals surface area contributed by atoms with Gasteiger partial charge in [0.15, 0.2) is 5.82 Å². The molecular weight excluding hydrogens is 238 g/mol. The van der Waals surface area contributed by atoms with Crippen LogP contribution in [-0.2, 0) is 13.0 Å². The minimum atomic E-state index is 0.284. The highest BCUT2D eigenvalue weighted by molar-refractivity contribution is 5.55. The van der Waals surface area contributed by atoms with E-state index in [-0.39, 0.29) is 6.54 Å². The van der Waals surface area contributed by atoms with E-state index in [9.17, 15) is 0 Å². The number of aromatic nitrogens is 2. The molecule has 0 aliphatic rings. The maximum Gasteiger partial charge on any atom is 0.159 e. The predicted molar refractivity (Wildman–Crippen MR) is 74.3 cm³/mol. The molecule has 1 aromatic heterocycles. The summed E-state index contributed by atoms with van der Waals surface area (Å²) in [4.78, 5) is 11.3. The van der Waals surface area contributed by atoms with Gasteiger partial charge in [-0.3, -0.25) is 0 Å². The first-order valence-corrected chi connectivity index (χ1v) is 6.24. The Labute approximate surface area is 112 Å². The Morgan fingerprint density at radius 2 is 1.79 bits per heavy atom. The third kappa shape index (κ3) is 3.53. The van der Waals surface area contributed by atoms with Crippen molar-refractivity contribution in [1.29, 1.82) is 0 Å². The molecule has 5 nitrogen and oxygen atoms in total. The summed E-state index contributed by atoms with van der Waals surface area (Å²) in [6.07, 6.45) is 5.62. The van der Waals surface area contributed by atoms with Gasteiger partial charge in [-0.15, -0.1) is 0 Å². The Kier molecular flexibility index (Phi) is 4.48. The molecule has 2 rings (SSSR count). The third-order valence-electron chi connectivity index (χ3n) is 2.77. The molecule has 0 atom stereocenters. The molecule has 2 aromatic rings. The van der Waals surface area contributed by atoms with Crippen LogP contribution in [0, 0.1) is 0 Å². The molecule has 0 fully saturated rings. The standard InChI is InChI=1S/C14H15N5/c1-2-3-11-4-6-13(7-5-11)14-16-8-12(9-17-14)10-18-19-15/h4-9H,2-3,10H2,1H3. The van der Waals surface area contributed by atoms with Crippen molar-refractivity contribution in [1.82, 2.24) is 9.97 Å². The van der Waals surface area contributed by atoms with Gasteiger partial charge in [0.25, 0.3) is 0 Å². The van der Waals surface area contributed by atoms with Gasteiger partial charge in [0.1, 0.15) is 0 Å². The first-order chi connectivity index (χ1) is 9.33. The van der Waals surface area contributed by atoms with Gasteiger partial charge in [0.2, 0.25) is 0 Å². The first-order valence-electron chi connectivity index (χ1n) is 6.24. The lowest BCUT2D eigenvalue weighted by Gasteiger charge is -2.03. The zero-order valence-corrected chi connectivity index (χ0v) is 10.8. The van der Waals surface area contributed by atoms with Crippen LogP contribution in [0.1, 0.15) is 24.5 Å². The molecule has 0 radical (unpaired) electrons. The van der Waals surface area contributed by atoms with Crippen molar-refractivity contribution in [2.45, 2.75) is 26.3 Å². The monoisotopic (exact) mass is 253 g/mol. The van der Waals surface area contributed by atoms with E-state index in [0.29, 0.717) is 5.82 Å². The van der Waals surface area contributed by atoms with E-state index in [1.165, 1.54) is 5.56 Å². The normalized spacial score (nSPS) is 9.95. The van der Waals surface area contributed by atoms with Gasteiger partial charge >= 0.3 is 0 Å². The van der Waals surface area contributed by atoms with E-state index in [2.05, 4.69) is 39.1 Å². The van der Waals surface area contributed by atoms with Crippen molar-refractivity contribution in [3.63, 3.8) is 0 Å². The molecule has 0 unspecified atom stereocenters. The molecule has 0 N–H and O–H groups in total. The van der Waals surface area contributed by atoms with Gasteiger partial charge in [-0.2, -0.15) is 0 Å². The summed E-state index contributed by atoms with van der Waals surface area (Å²) < 4.78 is 0. The molecule has 0 amide bonds. The predicted octanol–water partition coefficient (Wildman–Crippen LogP) is 3.91. The number of aryl methyl sites for hydroxylation is 1. The smallest absolute Gasteiger partial charge is 0.159 e. The van der Waals surface area contributed by atoms with Gasteiger partial charge in [-0.25, -0.2) is 9.97 Å². The number of hydrogen-bond donors (Lipinski definition) is 0. The molecular formula is C14H15N5. The summed E-state index contributed by atoms with van der Waals surface area (Å²) in [7, 11) is 0. The Bertz CT molecular complexity index is 568. The number of nitrogens with zero attached hydrogens (tertiary/aromatic N) is 5. The van der Waals surface area contributed by atoms with E-state index < -0.39 is 0 Å². The van der Waals surface area contributed by atoms with Crippen LogP contribution in [0.15, 0.2) is 41.8 Å². The van der Waals surface area contributed by atoms with Crippen LogP contribution in [0.4, 0.5) is 0 Å². The molecule has 0 saturated carbocycles. The van der Waals surface area contributed by atoms with Crippen LogP contribution in [-0.4, -0.2) is 9.97 Å². The van der Waals surface area contributed by atoms with Crippen molar-refractivity contribution >= 4 is 0 Å². The molecule has 5 heteroatoms. The summed E-state index contributed by atoms with van der Waals surface area (Å²) in [5.41, 5.74) is 11.4. The third-order valence-corrected chi connectivity index (χ3v) is 2.77. The average molecular weight is 253 g/mol. The molecule has 0 aliphatic carbocycles. The number of azide groups is 1. The summed E-state index contributed by atoms with van der Waals surface area (Å²) in [5, 5.41) is 3.48. The zero-order valence-electron chi connectivity index (χ0n) is 10.8. The fourth-order valence-electron chi connectivity index (χ4n) is 1.81. The minimum absolute atomic E-state index is 0.284. The maximum atomic E-state index is 8.25. The largest absolute Gasteiger partial charge is 0.236 e. The summed E-state index contributed by atoms with van der Waals surface area (Å²) in [6, 6.07) is 8.28. The van der Waals surface area contributed by atoms with Crippen LogP contribution < -0.4 is 0 Å². The van der Waals surface area contributed by atoms with Gasteiger partial charge in [-0.05, 0) is 23.1 Å². The molecule has 19 heavy (non-hydrogen) atoms. The molecule has 0 saturated heterocycles. The van der Waals surface area contributed by atoms with Crippen molar-refractivity contribution < 1.29 is 0 Å². The summed E-state index contributed by atoms with van der Waals surface area (Å²) in [6.45, 7) is 2.45. The average Bonchev–Trinajstić information content (AvgIpc) is 2.47. The molecule has 0 spiro atoms. The SMILES string of the molecule is CCCc1ccc(-c2ncc(CN=[N+]=[N-])cn2)cc1. The van der Waals surface area contributed by atoms with Crippen LogP contribution in [0.25, 0.3) is 21.8 Å². The number of benzene rings is 1. The highest BCUT2D eigenvalue weighted by Gasteiger charge is 2.01. The highest BCUT2D eigenvalue weighted by Crippen LogP contribution is 2.16. The fourth-order valence-corrected chi connectivity index (χ4v) is 1.81. The second-order valence-electron chi connectivity index (χ2n) is 4.25. The van der Waals surface area contributed by atoms with Crippen LogP contribution in [0.3, 0.4) is 0 Å². The molecule has 96 valence electrons. The zero-order chi connectivity index (χ0) is 13.5. The van der Waals surface area contributed by atoms with E-state index in [0.717, 1.165) is 24.0 Å². The molecule has 1 heterocycles. The van der Waals surface area contributed by atoms with E-state index >= 15 is 0 Å². The summed E-state index contributed by atoms with van der Waals surface area (Å²) in [5.74, 6) is 0.688. The van der Waals surface area contributed by atoms with E-state index in [1.54, 1.807) is 12.4 Å². The minimum Gasteiger partial charge on any atom is -0.236 e.